The minimum atomic E-state index is -0.461. The monoisotopic (exact) mass is 566 g/mol. The zero-order valence-electron chi connectivity index (χ0n) is 21.2. The molecular weight excluding hydrogens is 536 g/mol. The Hall–Kier alpha value is -3.78. The van der Waals surface area contributed by atoms with Crippen LogP contribution in [0.5, 0.6) is 17.2 Å². The average Bonchev–Trinajstić information content (AvgIpc) is 2.92. The van der Waals surface area contributed by atoms with Crippen molar-refractivity contribution in [3.05, 3.63) is 93.5 Å². The van der Waals surface area contributed by atoms with Crippen LogP contribution in [0.2, 0.25) is 0 Å². The normalized spacial score (nSPS) is 10.3. The lowest BCUT2D eigenvalue weighted by Crippen LogP contribution is -2.36. The molecule has 8 heteroatoms. The van der Waals surface area contributed by atoms with Gasteiger partial charge in [-0.1, -0.05) is 40.2 Å². The minimum Gasteiger partial charge on any atom is -0.497 e. The van der Waals surface area contributed by atoms with Gasteiger partial charge in [0.1, 0.15) is 22.8 Å². The Kier molecular flexibility index (Phi) is 10.6. The van der Waals surface area contributed by atoms with E-state index in [1.165, 1.54) is 0 Å². The molecule has 0 saturated heterocycles. The van der Waals surface area contributed by atoms with Gasteiger partial charge in [-0.3, -0.25) is 9.59 Å². The highest BCUT2D eigenvalue weighted by Gasteiger charge is 2.19. The summed E-state index contributed by atoms with van der Waals surface area (Å²) in [7, 11) is 4.78. The number of rotatable bonds is 12. The summed E-state index contributed by atoms with van der Waals surface area (Å²) in [6.45, 7) is 0.745. The van der Waals surface area contributed by atoms with Crippen LogP contribution in [0.15, 0.2) is 76.8 Å². The fraction of sp³-hybridized carbons (Fsp3) is 0.241. The van der Waals surface area contributed by atoms with Crippen molar-refractivity contribution >= 4 is 33.8 Å². The van der Waals surface area contributed by atoms with Gasteiger partial charge in [-0.05, 0) is 72.5 Å². The molecule has 0 aliphatic carbocycles. The molecule has 7 nitrogen and oxygen atoms in total. The van der Waals surface area contributed by atoms with E-state index in [2.05, 4.69) is 26.6 Å². The maximum atomic E-state index is 13.1. The van der Waals surface area contributed by atoms with Crippen LogP contribution < -0.4 is 24.8 Å². The highest BCUT2D eigenvalue weighted by Crippen LogP contribution is 2.25. The second-order valence-corrected chi connectivity index (χ2v) is 9.07. The topological polar surface area (TPSA) is 85.9 Å². The summed E-state index contributed by atoms with van der Waals surface area (Å²) in [4.78, 5) is 26.3. The lowest BCUT2D eigenvalue weighted by molar-refractivity contribution is -0.123. The third-order valence-corrected chi connectivity index (χ3v) is 6.19. The number of hydrogen-bond acceptors (Lipinski definition) is 5. The van der Waals surface area contributed by atoms with Crippen molar-refractivity contribution in [2.45, 2.75) is 12.8 Å². The number of hydrogen-bond donors (Lipinski definition) is 2. The number of benzene rings is 3. The van der Waals surface area contributed by atoms with Crippen molar-refractivity contribution in [1.29, 1.82) is 0 Å². The van der Waals surface area contributed by atoms with Gasteiger partial charge in [0.05, 0.1) is 21.3 Å². The summed E-state index contributed by atoms with van der Waals surface area (Å²) in [5.41, 5.74) is 2.71. The van der Waals surface area contributed by atoms with Gasteiger partial charge in [0.25, 0.3) is 11.8 Å². The van der Waals surface area contributed by atoms with E-state index in [0.29, 0.717) is 37.2 Å². The summed E-state index contributed by atoms with van der Waals surface area (Å²) in [5.74, 6) is 1.17. The third kappa shape index (κ3) is 8.39. The van der Waals surface area contributed by atoms with Crippen molar-refractivity contribution in [3.8, 4) is 17.2 Å². The van der Waals surface area contributed by atoms with Crippen LogP contribution in [0.4, 0.5) is 0 Å². The lowest BCUT2D eigenvalue weighted by Gasteiger charge is -2.12. The molecule has 3 rings (SSSR count). The molecule has 2 amide bonds. The summed E-state index contributed by atoms with van der Waals surface area (Å²) in [6, 6.07) is 20.7. The number of nitrogens with one attached hydrogen (secondary N) is 2. The second-order valence-electron chi connectivity index (χ2n) is 8.15. The van der Waals surface area contributed by atoms with E-state index in [1.54, 1.807) is 39.5 Å². The Morgan fingerprint density at radius 3 is 1.65 bits per heavy atom. The lowest BCUT2D eigenvalue weighted by atomic mass is 10.1. The molecule has 3 aromatic carbocycles. The van der Waals surface area contributed by atoms with Crippen molar-refractivity contribution in [2.24, 2.45) is 0 Å². The van der Waals surface area contributed by atoms with Gasteiger partial charge in [0.2, 0.25) is 0 Å². The van der Waals surface area contributed by atoms with E-state index in [-0.39, 0.29) is 5.57 Å². The molecule has 0 saturated carbocycles. The molecule has 37 heavy (non-hydrogen) atoms. The van der Waals surface area contributed by atoms with Gasteiger partial charge in [0.15, 0.2) is 0 Å². The fourth-order valence-electron chi connectivity index (χ4n) is 3.62. The van der Waals surface area contributed by atoms with Crippen LogP contribution in [0, 0.1) is 0 Å². The number of halogens is 1. The Morgan fingerprint density at radius 1 is 0.730 bits per heavy atom. The Labute approximate surface area is 226 Å². The van der Waals surface area contributed by atoms with E-state index >= 15 is 0 Å². The Morgan fingerprint density at radius 2 is 1.22 bits per heavy atom. The largest absolute Gasteiger partial charge is 0.497 e. The quantitative estimate of drug-likeness (QED) is 0.190. The van der Waals surface area contributed by atoms with E-state index in [1.807, 2.05) is 54.6 Å². The number of amides is 2. The van der Waals surface area contributed by atoms with Gasteiger partial charge in [0, 0.05) is 23.1 Å². The van der Waals surface area contributed by atoms with Crippen molar-refractivity contribution < 1.29 is 23.8 Å². The van der Waals surface area contributed by atoms with Crippen LogP contribution in [0.3, 0.4) is 0 Å². The fourth-order valence-corrected chi connectivity index (χ4v) is 4.00. The van der Waals surface area contributed by atoms with Gasteiger partial charge in [-0.15, -0.1) is 0 Å². The van der Waals surface area contributed by atoms with Gasteiger partial charge in [-0.25, -0.2) is 0 Å². The van der Waals surface area contributed by atoms with E-state index in [0.717, 1.165) is 27.1 Å². The molecule has 0 aliphatic heterocycles. The zero-order chi connectivity index (χ0) is 26.6. The Balaban J connectivity index is 1.71. The average molecular weight is 567 g/mol. The molecule has 194 valence electrons. The molecule has 0 spiro atoms. The maximum Gasteiger partial charge on any atom is 0.256 e. The first-order valence-electron chi connectivity index (χ1n) is 11.8. The molecular formula is C29H31BrN2O5. The first-order chi connectivity index (χ1) is 17.9. The van der Waals surface area contributed by atoms with Crippen LogP contribution >= 0.6 is 15.9 Å². The molecule has 0 radical (unpaired) electrons. The van der Waals surface area contributed by atoms with E-state index < -0.39 is 11.8 Å². The number of carbonyl (C=O) groups is 2. The summed E-state index contributed by atoms with van der Waals surface area (Å²) in [5, 5.41) is 5.74. The summed E-state index contributed by atoms with van der Waals surface area (Å²) in [6.07, 6.45) is 2.78. The first-order valence-corrected chi connectivity index (χ1v) is 12.6. The van der Waals surface area contributed by atoms with Gasteiger partial charge in [-0.2, -0.15) is 0 Å². The predicted octanol–water partition coefficient (Wildman–Crippen LogP) is 4.58. The predicted molar refractivity (Wildman–Crippen MR) is 148 cm³/mol. The summed E-state index contributed by atoms with van der Waals surface area (Å²) < 4.78 is 16.6. The number of ether oxygens (including phenoxy) is 3. The molecule has 2 N–H and O–H groups in total. The molecule has 0 bridgehead atoms. The molecule has 0 aliphatic rings. The molecule has 0 unspecified atom stereocenters. The van der Waals surface area contributed by atoms with Crippen LogP contribution in [0.1, 0.15) is 16.7 Å². The zero-order valence-corrected chi connectivity index (χ0v) is 22.8. The van der Waals surface area contributed by atoms with Crippen LogP contribution in [0.25, 0.3) is 6.08 Å². The molecule has 0 atom stereocenters. The first kappa shape index (κ1) is 27.8. The van der Waals surface area contributed by atoms with Gasteiger partial charge < -0.3 is 24.8 Å². The number of carbonyl (C=O) groups excluding carboxylic acids is 2. The molecule has 0 fully saturated rings. The van der Waals surface area contributed by atoms with Crippen molar-refractivity contribution in [1.82, 2.24) is 10.6 Å². The minimum absolute atomic E-state index is 0.000798. The van der Waals surface area contributed by atoms with Crippen molar-refractivity contribution in [3.63, 3.8) is 0 Å². The second kappa shape index (κ2) is 14.1. The van der Waals surface area contributed by atoms with Crippen LogP contribution in [-0.2, 0) is 22.4 Å². The van der Waals surface area contributed by atoms with Gasteiger partial charge >= 0.3 is 0 Å². The highest BCUT2D eigenvalue weighted by atomic mass is 79.9. The van der Waals surface area contributed by atoms with E-state index in [4.69, 9.17) is 14.2 Å². The number of methoxy groups -OCH3 is 3. The Bertz CT molecular complexity index is 1160. The highest BCUT2D eigenvalue weighted by molar-refractivity contribution is 9.10. The van der Waals surface area contributed by atoms with Crippen LogP contribution in [-0.4, -0.2) is 46.2 Å². The molecule has 3 aromatic rings. The summed E-state index contributed by atoms with van der Waals surface area (Å²) >= 11 is 3.44. The standard InChI is InChI=1S/C29H31BrN2O5/c1-35-24-9-4-20(5-10-24)14-16-31-28(33)26(19-22-18-23(30)8-13-27(22)37-3)29(34)32-17-15-21-6-11-25(36-2)12-7-21/h4-13,18-19H,14-17H2,1-3H3,(H,31,33)(H,32,34). The molecule has 0 heterocycles. The maximum absolute atomic E-state index is 13.1. The van der Waals surface area contributed by atoms with Crippen molar-refractivity contribution in [2.75, 3.05) is 34.4 Å². The molecule has 0 aromatic heterocycles. The van der Waals surface area contributed by atoms with E-state index in [9.17, 15) is 9.59 Å². The SMILES string of the molecule is COc1ccc(CCNC(=O)C(=Cc2cc(Br)ccc2OC)C(=O)NCCc2ccc(OC)cc2)cc1. The third-order valence-electron chi connectivity index (χ3n) is 5.70. The smallest absolute Gasteiger partial charge is 0.256 e.